The highest BCUT2D eigenvalue weighted by Gasteiger charge is 2.34. The molecule has 1 fully saturated rings. The van der Waals surface area contributed by atoms with Crippen molar-refractivity contribution in [1.29, 1.82) is 0 Å². The molecule has 0 saturated heterocycles. The van der Waals surface area contributed by atoms with Crippen molar-refractivity contribution in [1.82, 2.24) is 9.97 Å². The highest BCUT2D eigenvalue weighted by atomic mass is 16.5. The van der Waals surface area contributed by atoms with E-state index in [1.54, 1.807) is 13.4 Å². The second kappa shape index (κ2) is 7.04. The van der Waals surface area contributed by atoms with Crippen LogP contribution in [0.5, 0.6) is 0 Å². The summed E-state index contributed by atoms with van der Waals surface area (Å²) in [7, 11) is 1.73. The molecule has 0 radical (unpaired) electrons. The van der Waals surface area contributed by atoms with Gasteiger partial charge in [-0.1, -0.05) is 13.8 Å². The minimum absolute atomic E-state index is 0.295. The topological polar surface area (TPSA) is 76.3 Å². The monoisotopic (exact) mass is 293 g/mol. The SMILES string of the molecule is COCCN(c1ncnc(NN)c1C(C)C)C(C)C1CC1. The molecule has 2 rings (SSSR count). The maximum absolute atomic E-state index is 5.62. The third kappa shape index (κ3) is 3.63. The first-order valence-corrected chi connectivity index (χ1v) is 7.67. The van der Waals surface area contributed by atoms with Gasteiger partial charge in [0.2, 0.25) is 0 Å². The Hall–Kier alpha value is -1.40. The third-order valence-corrected chi connectivity index (χ3v) is 4.18. The minimum atomic E-state index is 0.295. The smallest absolute Gasteiger partial charge is 0.148 e. The molecule has 1 aromatic heterocycles. The van der Waals surface area contributed by atoms with E-state index in [4.69, 9.17) is 10.6 Å². The molecule has 1 aromatic rings. The van der Waals surface area contributed by atoms with E-state index >= 15 is 0 Å². The zero-order valence-electron chi connectivity index (χ0n) is 13.5. The first-order chi connectivity index (χ1) is 10.1. The van der Waals surface area contributed by atoms with Crippen molar-refractivity contribution in [3.05, 3.63) is 11.9 Å². The van der Waals surface area contributed by atoms with E-state index in [0.717, 1.165) is 23.8 Å². The molecule has 1 saturated carbocycles. The fourth-order valence-corrected chi connectivity index (χ4v) is 2.79. The van der Waals surface area contributed by atoms with Gasteiger partial charge in [-0.05, 0) is 31.6 Å². The van der Waals surface area contributed by atoms with Gasteiger partial charge in [0.25, 0.3) is 0 Å². The number of nitrogen functional groups attached to an aromatic ring is 1. The number of nitrogens with one attached hydrogen (secondary N) is 1. The predicted molar refractivity (Wildman–Crippen MR) is 85.3 cm³/mol. The van der Waals surface area contributed by atoms with E-state index < -0.39 is 0 Å². The van der Waals surface area contributed by atoms with Crippen molar-refractivity contribution >= 4 is 11.6 Å². The van der Waals surface area contributed by atoms with Crippen LogP contribution in [-0.2, 0) is 4.74 Å². The molecule has 118 valence electrons. The number of nitrogens with two attached hydrogens (primary N) is 1. The average Bonchev–Trinajstić information content (AvgIpc) is 3.31. The van der Waals surface area contributed by atoms with Crippen LogP contribution in [0.4, 0.5) is 11.6 Å². The summed E-state index contributed by atoms with van der Waals surface area (Å²) >= 11 is 0. The number of anilines is 2. The van der Waals surface area contributed by atoms with Gasteiger partial charge in [-0.25, -0.2) is 15.8 Å². The fraction of sp³-hybridized carbons (Fsp3) is 0.733. The number of methoxy groups -OCH3 is 1. The van der Waals surface area contributed by atoms with Crippen LogP contribution in [0.3, 0.4) is 0 Å². The summed E-state index contributed by atoms with van der Waals surface area (Å²) in [6.07, 6.45) is 4.18. The van der Waals surface area contributed by atoms with Crippen molar-refractivity contribution in [2.45, 2.75) is 45.6 Å². The molecule has 1 heterocycles. The van der Waals surface area contributed by atoms with Gasteiger partial charge >= 0.3 is 0 Å². The third-order valence-electron chi connectivity index (χ3n) is 4.18. The molecule has 0 amide bonds. The van der Waals surface area contributed by atoms with Crippen LogP contribution in [0, 0.1) is 5.92 Å². The molecular weight excluding hydrogens is 266 g/mol. The van der Waals surface area contributed by atoms with Crippen LogP contribution in [0.2, 0.25) is 0 Å². The van der Waals surface area contributed by atoms with Crippen molar-refractivity contribution in [2.75, 3.05) is 30.6 Å². The fourth-order valence-electron chi connectivity index (χ4n) is 2.79. The maximum Gasteiger partial charge on any atom is 0.148 e. The van der Waals surface area contributed by atoms with Crippen LogP contribution < -0.4 is 16.2 Å². The Kier molecular flexibility index (Phi) is 5.36. The highest BCUT2D eigenvalue weighted by Crippen LogP contribution is 2.39. The Balaban J connectivity index is 2.37. The molecule has 6 heteroatoms. The molecule has 6 nitrogen and oxygen atoms in total. The lowest BCUT2D eigenvalue weighted by atomic mass is 10.0. The number of hydrogen-bond acceptors (Lipinski definition) is 6. The van der Waals surface area contributed by atoms with Crippen LogP contribution in [-0.4, -0.2) is 36.3 Å². The van der Waals surface area contributed by atoms with E-state index in [1.807, 2.05) is 0 Å². The Morgan fingerprint density at radius 3 is 2.62 bits per heavy atom. The molecule has 1 atom stereocenters. The Labute approximate surface area is 127 Å². The second-order valence-electron chi connectivity index (χ2n) is 6.02. The van der Waals surface area contributed by atoms with Gasteiger partial charge in [0.05, 0.1) is 6.61 Å². The predicted octanol–water partition coefficient (Wildman–Crippen LogP) is 2.14. The van der Waals surface area contributed by atoms with Crippen LogP contribution in [0.15, 0.2) is 6.33 Å². The summed E-state index contributed by atoms with van der Waals surface area (Å²) in [4.78, 5) is 11.2. The molecule has 3 N–H and O–H groups in total. The van der Waals surface area contributed by atoms with Crippen molar-refractivity contribution in [3.63, 3.8) is 0 Å². The van der Waals surface area contributed by atoms with E-state index in [0.29, 0.717) is 24.4 Å². The molecule has 0 bridgehead atoms. The van der Waals surface area contributed by atoms with Crippen molar-refractivity contribution in [3.8, 4) is 0 Å². The van der Waals surface area contributed by atoms with Gasteiger partial charge in [0.15, 0.2) is 0 Å². The summed E-state index contributed by atoms with van der Waals surface area (Å²) < 4.78 is 5.28. The number of hydrazine groups is 1. The zero-order chi connectivity index (χ0) is 15.4. The Bertz CT molecular complexity index is 461. The van der Waals surface area contributed by atoms with Gasteiger partial charge in [0, 0.05) is 25.3 Å². The molecule has 0 spiro atoms. The van der Waals surface area contributed by atoms with Gasteiger partial charge < -0.3 is 15.1 Å². The summed E-state index contributed by atoms with van der Waals surface area (Å²) in [5.74, 6) is 8.36. The molecule has 1 aliphatic rings. The van der Waals surface area contributed by atoms with Gasteiger partial charge in [-0.15, -0.1) is 0 Å². The van der Waals surface area contributed by atoms with Crippen molar-refractivity contribution < 1.29 is 4.74 Å². The van der Waals surface area contributed by atoms with Crippen LogP contribution in [0.25, 0.3) is 0 Å². The molecule has 1 aliphatic carbocycles. The standard InChI is InChI=1S/C15H27N5O/c1-10(2)13-14(19-16)17-9-18-15(13)20(7-8-21-4)11(3)12-5-6-12/h9-12H,5-8,16H2,1-4H3,(H,17,18,19). The van der Waals surface area contributed by atoms with Crippen LogP contribution >= 0.6 is 0 Å². The summed E-state index contributed by atoms with van der Waals surface area (Å²) in [5, 5.41) is 0. The normalized spacial score (nSPS) is 16.1. The first-order valence-electron chi connectivity index (χ1n) is 7.67. The van der Waals surface area contributed by atoms with Gasteiger partial charge in [-0.2, -0.15) is 0 Å². The summed E-state index contributed by atoms with van der Waals surface area (Å²) in [6, 6.07) is 0.457. The molecule has 0 aromatic carbocycles. The number of hydrogen-bond donors (Lipinski definition) is 2. The van der Waals surface area contributed by atoms with E-state index in [-0.39, 0.29) is 0 Å². The van der Waals surface area contributed by atoms with Crippen LogP contribution in [0.1, 0.15) is 45.1 Å². The molecular formula is C15H27N5O. The quantitative estimate of drug-likeness (QED) is 0.565. The van der Waals surface area contributed by atoms with Crippen molar-refractivity contribution in [2.24, 2.45) is 11.8 Å². The summed E-state index contributed by atoms with van der Waals surface area (Å²) in [6.45, 7) is 8.06. The lowest BCUT2D eigenvalue weighted by Crippen LogP contribution is -2.39. The first kappa shape index (κ1) is 16.0. The van der Waals surface area contributed by atoms with E-state index in [1.165, 1.54) is 12.8 Å². The summed E-state index contributed by atoms with van der Waals surface area (Å²) in [5.41, 5.74) is 3.78. The minimum Gasteiger partial charge on any atom is -0.383 e. The molecule has 1 unspecified atom stereocenters. The average molecular weight is 293 g/mol. The number of nitrogens with zero attached hydrogens (tertiary/aromatic N) is 3. The largest absolute Gasteiger partial charge is 0.383 e. The van der Waals surface area contributed by atoms with Gasteiger partial charge in [0.1, 0.15) is 18.0 Å². The van der Waals surface area contributed by atoms with E-state index in [9.17, 15) is 0 Å². The number of aromatic nitrogens is 2. The maximum atomic E-state index is 5.62. The Morgan fingerprint density at radius 1 is 1.38 bits per heavy atom. The van der Waals surface area contributed by atoms with Gasteiger partial charge in [-0.3, -0.25) is 0 Å². The lowest BCUT2D eigenvalue weighted by Gasteiger charge is -2.33. The number of rotatable bonds is 8. The number of ether oxygens (including phenoxy) is 1. The molecule has 21 heavy (non-hydrogen) atoms. The highest BCUT2D eigenvalue weighted by molar-refractivity contribution is 5.60. The zero-order valence-corrected chi connectivity index (χ0v) is 13.5. The second-order valence-corrected chi connectivity index (χ2v) is 6.02. The Morgan fingerprint density at radius 2 is 2.10 bits per heavy atom. The van der Waals surface area contributed by atoms with E-state index in [2.05, 4.69) is 41.1 Å². The lowest BCUT2D eigenvalue weighted by molar-refractivity contribution is 0.202. The molecule has 0 aliphatic heterocycles.